The van der Waals surface area contributed by atoms with Crippen molar-refractivity contribution in [1.29, 1.82) is 0 Å². The molecule has 1 aromatic carbocycles. The smallest absolute Gasteiger partial charge is 0.249 e. The van der Waals surface area contributed by atoms with E-state index in [0.717, 1.165) is 18.5 Å². The zero-order valence-electron chi connectivity index (χ0n) is 13.1. The van der Waals surface area contributed by atoms with Crippen molar-refractivity contribution in [1.82, 2.24) is 4.90 Å². The van der Waals surface area contributed by atoms with Crippen LogP contribution in [0.4, 0.5) is 5.69 Å². The van der Waals surface area contributed by atoms with E-state index in [1.165, 1.54) is 0 Å². The molecule has 0 radical (unpaired) electrons. The summed E-state index contributed by atoms with van der Waals surface area (Å²) in [5, 5.41) is 0. The van der Waals surface area contributed by atoms with Gasteiger partial charge in [-0.15, -0.1) is 0 Å². The minimum atomic E-state index is -0.406. The molecule has 2 amide bonds. The lowest BCUT2D eigenvalue weighted by molar-refractivity contribution is -0.141. The third-order valence-corrected chi connectivity index (χ3v) is 4.32. The molecule has 3 rings (SSSR count). The molecule has 1 aliphatic carbocycles. The number of hydrogen-bond donors (Lipinski definition) is 0. The average molecular weight is 302 g/mol. The Labute approximate surface area is 130 Å². The van der Waals surface area contributed by atoms with Crippen molar-refractivity contribution in [3.05, 3.63) is 24.3 Å². The van der Waals surface area contributed by atoms with Gasteiger partial charge >= 0.3 is 0 Å². The molecule has 1 saturated carbocycles. The first kappa shape index (κ1) is 14.9. The van der Waals surface area contributed by atoms with Crippen LogP contribution in [0, 0.1) is 5.92 Å². The lowest BCUT2D eigenvalue weighted by Crippen LogP contribution is -2.58. The van der Waals surface area contributed by atoms with Crippen molar-refractivity contribution >= 4 is 17.5 Å². The molecular formula is C17H22N2O3. The number of benzene rings is 1. The van der Waals surface area contributed by atoms with Gasteiger partial charge in [0.2, 0.25) is 11.8 Å². The molecule has 5 nitrogen and oxygen atoms in total. The van der Waals surface area contributed by atoms with E-state index in [-0.39, 0.29) is 17.7 Å². The Balaban J connectivity index is 1.80. The first-order valence-electron chi connectivity index (χ1n) is 7.97. The summed E-state index contributed by atoms with van der Waals surface area (Å²) in [6, 6.07) is 7.16. The van der Waals surface area contributed by atoms with Crippen LogP contribution in [-0.4, -0.2) is 42.5 Å². The van der Waals surface area contributed by atoms with Crippen molar-refractivity contribution in [3.63, 3.8) is 0 Å². The summed E-state index contributed by atoms with van der Waals surface area (Å²) in [5.74, 6) is 0.969. The van der Waals surface area contributed by atoms with E-state index in [1.807, 2.05) is 38.1 Å². The molecule has 22 heavy (non-hydrogen) atoms. The molecule has 1 aliphatic heterocycles. The van der Waals surface area contributed by atoms with Crippen LogP contribution in [0.1, 0.15) is 26.7 Å². The lowest BCUT2D eigenvalue weighted by atomic mass is 10.1. The molecule has 1 saturated heterocycles. The second-order valence-corrected chi connectivity index (χ2v) is 5.87. The fourth-order valence-electron chi connectivity index (χ4n) is 2.93. The highest BCUT2D eigenvalue weighted by Crippen LogP contribution is 2.34. The van der Waals surface area contributed by atoms with Crippen molar-refractivity contribution in [2.24, 2.45) is 5.92 Å². The Bertz CT molecular complexity index is 583. The highest BCUT2D eigenvalue weighted by atomic mass is 16.5. The number of nitrogens with zero attached hydrogens (tertiary/aromatic N) is 2. The Kier molecular flexibility index (Phi) is 4.05. The van der Waals surface area contributed by atoms with E-state index >= 15 is 0 Å². The standard InChI is InChI=1S/C17H22N2O3/c1-3-22-15-7-5-4-6-14(15)19-11-10-18(12(2)16(19)20)17(21)13-8-9-13/h4-7,12-13H,3,8-11H2,1-2H3. The third kappa shape index (κ3) is 2.67. The zero-order chi connectivity index (χ0) is 15.7. The van der Waals surface area contributed by atoms with Crippen molar-refractivity contribution in [2.45, 2.75) is 32.7 Å². The zero-order valence-corrected chi connectivity index (χ0v) is 13.1. The normalized spacial score (nSPS) is 21.9. The molecule has 0 spiro atoms. The van der Waals surface area contributed by atoms with Gasteiger partial charge in [-0.3, -0.25) is 9.59 Å². The number of amides is 2. The maximum absolute atomic E-state index is 12.7. The predicted octanol–water partition coefficient (Wildman–Crippen LogP) is 2.06. The van der Waals surface area contributed by atoms with E-state index in [9.17, 15) is 9.59 Å². The Morgan fingerprint density at radius 1 is 1.27 bits per heavy atom. The quantitative estimate of drug-likeness (QED) is 0.855. The van der Waals surface area contributed by atoms with Gasteiger partial charge in [0.05, 0.1) is 12.3 Å². The SMILES string of the molecule is CCOc1ccccc1N1CCN(C(=O)C2CC2)C(C)C1=O. The molecule has 0 aromatic heterocycles. The molecular weight excluding hydrogens is 280 g/mol. The Morgan fingerprint density at radius 3 is 2.68 bits per heavy atom. The number of para-hydroxylation sites is 2. The van der Waals surface area contributed by atoms with Gasteiger partial charge in [-0.1, -0.05) is 12.1 Å². The fourth-order valence-corrected chi connectivity index (χ4v) is 2.93. The molecule has 0 bridgehead atoms. The second-order valence-electron chi connectivity index (χ2n) is 5.87. The second kappa shape index (κ2) is 5.99. The monoisotopic (exact) mass is 302 g/mol. The number of ether oxygens (including phenoxy) is 1. The first-order chi connectivity index (χ1) is 10.6. The van der Waals surface area contributed by atoms with Crippen LogP contribution < -0.4 is 9.64 Å². The van der Waals surface area contributed by atoms with E-state index in [4.69, 9.17) is 4.74 Å². The fraction of sp³-hybridized carbons (Fsp3) is 0.529. The van der Waals surface area contributed by atoms with Gasteiger partial charge in [0, 0.05) is 19.0 Å². The maximum Gasteiger partial charge on any atom is 0.249 e. The van der Waals surface area contributed by atoms with Crippen molar-refractivity contribution in [2.75, 3.05) is 24.6 Å². The van der Waals surface area contributed by atoms with Crippen LogP contribution in [0.2, 0.25) is 0 Å². The summed E-state index contributed by atoms with van der Waals surface area (Å²) < 4.78 is 5.62. The molecule has 1 atom stereocenters. The van der Waals surface area contributed by atoms with Crippen LogP contribution in [0.5, 0.6) is 5.75 Å². The predicted molar refractivity (Wildman–Crippen MR) is 83.9 cm³/mol. The van der Waals surface area contributed by atoms with Crippen LogP contribution in [0.25, 0.3) is 0 Å². The van der Waals surface area contributed by atoms with Gasteiger partial charge in [-0.05, 0) is 38.8 Å². The van der Waals surface area contributed by atoms with Gasteiger partial charge in [0.25, 0.3) is 0 Å². The Morgan fingerprint density at radius 2 is 2.00 bits per heavy atom. The summed E-state index contributed by atoms with van der Waals surface area (Å²) in [7, 11) is 0. The van der Waals surface area contributed by atoms with E-state index in [2.05, 4.69) is 0 Å². The molecule has 2 aliphatic rings. The first-order valence-corrected chi connectivity index (χ1v) is 7.97. The average Bonchev–Trinajstić information content (AvgIpc) is 3.35. The number of anilines is 1. The molecule has 1 aromatic rings. The lowest BCUT2D eigenvalue weighted by Gasteiger charge is -2.39. The number of rotatable bonds is 4. The van der Waals surface area contributed by atoms with Crippen LogP contribution >= 0.6 is 0 Å². The van der Waals surface area contributed by atoms with Crippen LogP contribution in [0.3, 0.4) is 0 Å². The van der Waals surface area contributed by atoms with Crippen LogP contribution in [0.15, 0.2) is 24.3 Å². The molecule has 1 heterocycles. The van der Waals surface area contributed by atoms with E-state index in [0.29, 0.717) is 25.4 Å². The minimum absolute atomic E-state index is 0.0348. The van der Waals surface area contributed by atoms with Gasteiger partial charge < -0.3 is 14.5 Å². The van der Waals surface area contributed by atoms with E-state index < -0.39 is 6.04 Å². The number of carbonyl (C=O) groups is 2. The number of piperazine rings is 1. The minimum Gasteiger partial charge on any atom is -0.492 e. The van der Waals surface area contributed by atoms with Crippen LogP contribution in [-0.2, 0) is 9.59 Å². The van der Waals surface area contributed by atoms with Gasteiger partial charge in [0.1, 0.15) is 11.8 Å². The van der Waals surface area contributed by atoms with Gasteiger partial charge in [-0.2, -0.15) is 0 Å². The van der Waals surface area contributed by atoms with Crippen molar-refractivity contribution < 1.29 is 14.3 Å². The molecule has 118 valence electrons. The summed E-state index contributed by atoms with van der Waals surface area (Å²) >= 11 is 0. The number of hydrogen-bond acceptors (Lipinski definition) is 3. The maximum atomic E-state index is 12.7. The largest absolute Gasteiger partial charge is 0.492 e. The Hall–Kier alpha value is -2.04. The van der Waals surface area contributed by atoms with E-state index in [1.54, 1.807) is 9.80 Å². The summed E-state index contributed by atoms with van der Waals surface area (Å²) in [6.07, 6.45) is 1.93. The highest BCUT2D eigenvalue weighted by Gasteiger charge is 2.41. The third-order valence-electron chi connectivity index (χ3n) is 4.32. The topological polar surface area (TPSA) is 49.9 Å². The summed E-state index contributed by atoms with van der Waals surface area (Å²) in [4.78, 5) is 28.5. The summed E-state index contributed by atoms with van der Waals surface area (Å²) in [6.45, 7) is 5.40. The molecule has 5 heteroatoms. The molecule has 0 N–H and O–H groups in total. The number of carbonyl (C=O) groups excluding carboxylic acids is 2. The van der Waals surface area contributed by atoms with Gasteiger partial charge in [-0.25, -0.2) is 0 Å². The molecule has 2 fully saturated rings. The van der Waals surface area contributed by atoms with Gasteiger partial charge in [0.15, 0.2) is 0 Å². The molecule has 1 unspecified atom stereocenters. The highest BCUT2D eigenvalue weighted by molar-refractivity contribution is 6.01. The van der Waals surface area contributed by atoms with Crippen molar-refractivity contribution in [3.8, 4) is 5.75 Å². The summed E-state index contributed by atoms with van der Waals surface area (Å²) in [5.41, 5.74) is 0.791.